The summed E-state index contributed by atoms with van der Waals surface area (Å²) >= 11 is 0. The van der Waals surface area contributed by atoms with Gasteiger partial charge < -0.3 is 5.32 Å². The number of anilines is 3. The molecule has 1 aliphatic heterocycles. The molecule has 0 spiro atoms. The normalized spacial score (nSPS) is 13.3. The van der Waals surface area contributed by atoms with Crippen LogP contribution in [0.5, 0.6) is 0 Å². The lowest BCUT2D eigenvalue weighted by molar-refractivity contribution is -0.121. The summed E-state index contributed by atoms with van der Waals surface area (Å²) in [6, 6.07) is 20.4. The highest BCUT2D eigenvalue weighted by molar-refractivity contribution is 7.92. The standard InChI is InChI=1S/C24H23N3O4S/c1-17-10-12-20(13-11-17)32(30,31)27(19-7-5-6-18(2)14-19)16-24(29)26-15-23(28)25-21-8-3-4-9-22(21)26/h3-14H,15-16H2,1-2H3,(H,25,28). The quantitative estimate of drug-likeness (QED) is 0.646. The predicted molar refractivity (Wildman–Crippen MR) is 124 cm³/mol. The van der Waals surface area contributed by atoms with Gasteiger partial charge in [0, 0.05) is 0 Å². The molecule has 0 radical (unpaired) electrons. The predicted octanol–water partition coefficient (Wildman–Crippen LogP) is 3.48. The smallest absolute Gasteiger partial charge is 0.264 e. The summed E-state index contributed by atoms with van der Waals surface area (Å²) in [6.07, 6.45) is 0. The molecule has 7 nitrogen and oxygen atoms in total. The zero-order valence-electron chi connectivity index (χ0n) is 17.8. The number of para-hydroxylation sites is 2. The van der Waals surface area contributed by atoms with Crippen molar-refractivity contribution in [2.75, 3.05) is 27.6 Å². The average Bonchev–Trinajstić information content (AvgIpc) is 2.76. The molecule has 1 N–H and O–H groups in total. The van der Waals surface area contributed by atoms with Crippen molar-refractivity contribution in [3.05, 3.63) is 83.9 Å². The van der Waals surface area contributed by atoms with Crippen LogP contribution in [0.2, 0.25) is 0 Å². The third-order valence-corrected chi connectivity index (χ3v) is 7.04. The Labute approximate surface area is 187 Å². The summed E-state index contributed by atoms with van der Waals surface area (Å²) in [4.78, 5) is 26.9. The lowest BCUT2D eigenvalue weighted by Gasteiger charge is -2.32. The van der Waals surface area contributed by atoms with Crippen LogP contribution in [0, 0.1) is 13.8 Å². The van der Waals surface area contributed by atoms with Gasteiger partial charge in [-0.25, -0.2) is 8.42 Å². The zero-order chi connectivity index (χ0) is 22.9. The molecule has 0 atom stereocenters. The second-order valence-corrected chi connectivity index (χ2v) is 9.57. The molecule has 0 unspecified atom stereocenters. The van der Waals surface area contributed by atoms with Gasteiger partial charge in [0.15, 0.2) is 0 Å². The SMILES string of the molecule is Cc1ccc(S(=O)(=O)N(CC(=O)N2CC(=O)Nc3ccccc32)c2cccc(C)c2)cc1. The first kappa shape index (κ1) is 21.6. The number of hydrogen-bond donors (Lipinski definition) is 1. The number of nitrogens with zero attached hydrogens (tertiary/aromatic N) is 2. The van der Waals surface area contributed by atoms with Crippen LogP contribution in [0.1, 0.15) is 11.1 Å². The summed E-state index contributed by atoms with van der Waals surface area (Å²) in [7, 11) is -4.03. The zero-order valence-corrected chi connectivity index (χ0v) is 18.6. The van der Waals surface area contributed by atoms with Crippen LogP contribution in [0.4, 0.5) is 17.1 Å². The van der Waals surface area contributed by atoms with E-state index in [1.807, 2.05) is 19.9 Å². The molecule has 8 heteroatoms. The summed E-state index contributed by atoms with van der Waals surface area (Å²) < 4.78 is 28.2. The maximum atomic E-state index is 13.6. The highest BCUT2D eigenvalue weighted by Crippen LogP contribution is 2.30. The fourth-order valence-electron chi connectivity index (χ4n) is 3.60. The van der Waals surface area contributed by atoms with Crippen molar-refractivity contribution in [1.29, 1.82) is 0 Å². The summed E-state index contributed by atoms with van der Waals surface area (Å²) in [6.45, 7) is 3.10. The Hall–Kier alpha value is -3.65. The number of sulfonamides is 1. The van der Waals surface area contributed by atoms with Crippen molar-refractivity contribution in [3.63, 3.8) is 0 Å². The summed E-state index contributed by atoms with van der Waals surface area (Å²) in [5.74, 6) is -0.829. The highest BCUT2D eigenvalue weighted by Gasteiger charge is 2.32. The van der Waals surface area contributed by atoms with Gasteiger partial charge in [-0.3, -0.25) is 18.8 Å². The van der Waals surface area contributed by atoms with E-state index in [1.54, 1.807) is 54.6 Å². The second-order valence-electron chi connectivity index (χ2n) is 7.71. The molecule has 2 amide bonds. The number of rotatable bonds is 5. The monoisotopic (exact) mass is 449 g/mol. The number of benzene rings is 3. The van der Waals surface area contributed by atoms with E-state index >= 15 is 0 Å². The number of aryl methyl sites for hydroxylation is 2. The number of carbonyl (C=O) groups is 2. The maximum Gasteiger partial charge on any atom is 0.264 e. The minimum absolute atomic E-state index is 0.0918. The van der Waals surface area contributed by atoms with Gasteiger partial charge in [-0.2, -0.15) is 0 Å². The second kappa shape index (κ2) is 8.47. The number of fused-ring (bicyclic) bond motifs is 1. The maximum absolute atomic E-state index is 13.6. The van der Waals surface area contributed by atoms with Gasteiger partial charge in [-0.1, -0.05) is 42.0 Å². The van der Waals surface area contributed by atoms with E-state index in [0.717, 1.165) is 15.4 Å². The molecule has 0 fully saturated rings. The third kappa shape index (κ3) is 4.22. The highest BCUT2D eigenvalue weighted by atomic mass is 32.2. The van der Waals surface area contributed by atoms with Crippen LogP contribution in [0.25, 0.3) is 0 Å². The molecular formula is C24H23N3O4S. The molecule has 0 saturated heterocycles. The lowest BCUT2D eigenvalue weighted by Crippen LogP contribution is -2.48. The average molecular weight is 450 g/mol. The number of hydrogen-bond acceptors (Lipinski definition) is 4. The number of amides is 2. The van der Waals surface area contributed by atoms with Crippen LogP contribution < -0.4 is 14.5 Å². The largest absolute Gasteiger partial charge is 0.323 e. The van der Waals surface area contributed by atoms with Crippen molar-refractivity contribution in [2.24, 2.45) is 0 Å². The topological polar surface area (TPSA) is 86.8 Å². The molecule has 3 aromatic rings. The van der Waals surface area contributed by atoms with Crippen LogP contribution >= 0.6 is 0 Å². The Kier molecular flexibility index (Phi) is 5.71. The Balaban J connectivity index is 1.74. The van der Waals surface area contributed by atoms with Gasteiger partial charge >= 0.3 is 0 Å². The first-order chi connectivity index (χ1) is 15.3. The van der Waals surface area contributed by atoms with Gasteiger partial charge in [-0.05, 0) is 55.8 Å². The molecule has 0 bridgehead atoms. The van der Waals surface area contributed by atoms with Gasteiger partial charge in [0.2, 0.25) is 11.8 Å². The van der Waals surface area contributed by atoms with E-state index < -0.39 is 22.5 Å². The molecule has 32 heavy (non-hydrogen) atoms. The first-order valence-corrected chi connectivity index (χ1v) is 11.5. The van der Waals surface area contributed by atoms with Gasteiger partial charge in [0.25, 0.3) is 10.0 Å². The molecule has 1 aliphatic rings. The number of nitrogens with one attached hydrogen (secondary N) is 1. The Bertz CT molecular complexity index is 1290. The first-order valence-electron chi connectivity index (χ1n) is 10.1. The third-order valence-electron chi connectivity index (χ3n) is 5.25. The number of carbonyl (C=O) groups excluding carboxylic acids is 2. The van der Waals surface area contributed by atoms with E-state index in [1.165, 1.54) is 17.0 Å². The van der Waals surface area contributed by atoms with Gasteiger partial charge in [-0.15, -0.1) is 0 Å². The van der Waals surface area contributed by atoms with E-state index in [2.05, 4.69) is 5.32 Å². The Morgan fingerprint density at radius 3 is 2.41 bits per heavy atom. The van der Waals surface area contributed by atoms with Gasteiger partial charge in [0.1, 0.15) is 13.1 Å². The fraction of sp³-hybridized carbons (Fsp3) is 0.167. The van der Waals surface area contributed by atoms with E-state index in [-0.39, 0.29) is 17.3 Å². The Morgan fingerprint density at radius 1 is 0.969 bits per heavy atom. The molecule has 0 aromatic heterocycles. The van der Waals surface area contributed by atoms with Crippen LogP contribution in [0.15, 0.2) is 77.7 Å². The summed E-state index contributed by atoms with van der Waals surface area (Å²) in [5, 5.41) is 2.73. The minimum atomic E-state index is -4.03. The van der Waals surface area contributed by atoms with E-state index in [9.17, 15) is 18.0 Å². The molecule has 1 heterocycles. The van der Waals surface area contributed by atoms with Crippen LogP contribution in [-0.4, -0.2) is 33.3 Å². The van der Waals surface area contributed by atoms with Crippen molar-refractivity contribution >= 4 is 38.9 Å². The Morgan fingerprint density at radius 2 is 1.69 bits per heavy atom. The van der Waals surface area contributed by atoms with E-state index in [4.69, 9.17) is 0 Å². The molecule has 0 saturated carbocycles. The fourth-order valence-corrected chi connectivity index (χ4v) is 5.01. The van der Waals surface area contributed by atoms with Crippen molar-refractivity contribution in [1.82, 2.24) is 0 Å². The molecule has 4 rings (SSSR count). The minimum Gasteiger partial charge on any atom is -0.323 e. The molecule has 3 aromatic carbocycles. The molecule has 164 valence electrons. The van der Waals surface area contributed by atoms with Crippen molar-refractivity contribution in [2.45, 2.75) is 18.7 Å². The van der Waals surface area contributed by atoms with Crippen molar-refractivity contribution in [3.8, 4) is 0 Å². The lowest BCUT2D eigenvalue weighted by atomic mass is 10.2. The van der Waals surface area contributed by atoms with Crippen LogP contribution in [0.3, 0.4) is 0 Å². The van der Waals surface area contributed by atoms with Crippen molar-refractivity contribution < 1.29 is 18.0 Å². The molecular weight excluding hydrogens is 426 g/mol. The van der Waals surface area contributed by atoms with Crippen LogP contribution in [-0.2, 0) is 19.6 Å². The molecule has 0 aliphatic carbocycles. The summed E-state index contributed by atoms with van der Waals surface area (Å²) in [5.41, 5.74) is 3.23. The van der Waals surface area contributed by atoms with Gasteiger partial charge in [0.05, 0.1) is 22.0 Å². The van der Waals surface area contributed by atoms with E-state index in [0.29, 0.717) is 17.1 Å².